The van der Waals surface area contributed by atoms with Crippen LogP contribution >= 0.6 is 11.6 Å². The highest BCUT2D eigenvalue weighted by atomic mass is 35.5. The average Bonchev–Trinajstić information content (AvgIpc) is 2.49. The molecule has 0 heterocycles. The summed E-state index contributed by atoms with van der Waals surface area (Å²) in [6.07, 6.45) is 0. The number of phenols is 1. The molecule has 2 amide bonds. The van der Waals surface area contributed by atoms with Gasteiger partial charge in [-0.05, 0) is 6.07 Å². The topological polar surface area (TPSA) is 125 Å². The number of benzene rings is 1. The summed E-state index contributed by atoms with van der Waals surface area (Å²) in [5.74, 6) is -0.203. The van der Waals surface area contributed by atoms with Gasteiger partial charge in [0, 0.05) is 25.7 Å². The number of halogens is 1. The Bertz CT molecular complexity index is 495. The van der Waals surface area contributed by atoms with Gasteiger partial charge in [-0.3, -0.25) is 0 Å². The van der Waals surface area contributed by atoms with Crippen LogP contribution < -0.4 is 10.6 Å². The van der Waals surface area contributed by atoms with Gasteiger partial charge in [0.2, 0.25) is 0 Å². The van der Waals surface area contributed by atoms with Gasteiger partial charge in [0.05, 0.1) is 36.2 Å². The number of urea groups is 1. The van der Waals surface area contributed by atoms with E-state index in [2.05, 4.69) is 10.6 Å². The molecule has 0 spiro atoms. The van der Waals surface area contributed by atoms with E-state index in [1.165, 1.54) is 17.0 Å². The summed E-state index contributed by atoms with van der Waals surface area (Å²) < 4.78 is 0. The molecule has 1 aromatic carbocycles. The number of hydrogen-bond acceptors (Lipinski definition) is 6. The molecule has 0 aliphatic carbocycles. The monoisotopic (exact) mass is 333 g/mol. The number of aliphatic hydroxyl groups is 3. The molecule has 0 saturated carbocycles. The van der Waals surface area contributed by atoms with Crippen molar-refractivity contribution in [2.75, 3.05) is 50.1 Å². The van der Waals surface area contributed by atoms with Crippen LogP contribution in [0.2, 0.25) is 5.02 Å². The fraction of sp³-hybridized carbons (Fsp3) is 0.462. The second-order valence-corrected chi connectivity index (χ2v) is 4.77. The van der Waals surface area contributed by atoms with Gasteiger partial charge in [-0.15, -0.1) is 0 Å². The number of aliphatic hydroxyl groups excluding tert-OH is 3. The van der Waals surface area contributed by atoms with Crippen molar-refractivity contribution in [1.82, 2.24) is 4.90 Å². The van der Waals surface area contributed by atoms with Crippen LogP contribution in [-0.4, -0.2) is 70.8 Å². The molecule has 1 aromatic rings. The van der Waals surface area contributed by atoms with Crippen molar-refractivity contribution in [3.63, 3.8) is 0 Å². The number of amides is 2. The molecule has 0 aliphatic rings. The third kappa shape index (κ3) is 5.23. The summed E-state index contributed by atoms with van der Waals surface area (Å²) in [5, 5.41) is 42.0. The number of anilines is 2. The van der Waals surface area contributed by atoms with Gasteiger partial charge in [-0.25, -0.2) is 4.79 Å². The number of rotatable bonds is 8. The van der Waals surface area contributed by atoms with Gasteiger partial charge in [-0.1, -0.05) is 11.6 Å². The Kier molecular flexibility index (Phi) is 7.75. The van der Waals surface area contributed by atoms with E-state index in [1.54, 1.807) is 0 Å². The highest BCUT2D eigenvalue weighted by molar-refractivity contribution is 6.33. The second kappa shape index (κ2) is 9.31. The van der Waals surface area contributed by atoms with Crippen molar-refractivity contribution < 1.29 is 25.2 Å². The van der Waals surface area contributed by atoms with E-state index in [4.69, 9.17) is 26.9 Å². The number of nitrogens with zero attached hydrogens (tertiary/aromatic N) is 1. The van der Waals surface area contributed by atoms with E-state index in [0.29, 0.717) is 5.69 Å². The molecule has 124 valence electrons. The standard InChI is InChI=1S/C13H20ClN3O5/c14-9-7-11(12(21)8-10(9)15-1-4-18)16-13(22)17(2-5-19)3-6-20/h7-8,15,18-21H,1-6H2,(H,16,22). The number of carbonyl (C=O) groups excluding carboxylic acids is 1. The van der Waals surface area contributed by atoms with Gasteiger partial charge < -0.3 is 36.0 Å². The van der Waals surface area contributed by atoms with Gasteiger partial charge in [0.1, 0.15) is 5.75 Å². The van der Waals surface area contributed by atoms with E-state index in [1.807, 2.05) is 0 Å². The summed E-state index contributed by atoms with van der Waals surface area (Å²) in [5.41, 5.74) is 0.527. The molecule has 1 rings (SSSR count). The summed E-state index contributed by atoms with van der Waals surface area (Å²) >= 11 is 6.02. The van der Waals surface area contributed by atoms with Crippen LogP contribution in [0.5, 0.6) is 5.75 Å². The van der Waals surface area contributed by atoms with Crippen molar-refractivity contribution >= 4 is 29.0 Å². The van der Waals surface area contributed by atoms with Crippen LogP contribution in [0.3, 0.4) is 0 Å². The van der Waals surface area contributed by atoms with Gasteiger partial charge in [0.15, 0.2) is 0 Å². The van der Waals surface area contributed by atoms with Crippen LogP contribution in [0.15, 0.2) is 12.1 Å². The predicted octanol–water partition coefficient (Wildman–Crippen LogP) is 0.268. The largest absolute Gasteiger partial charge is 0.506 e. The Morgan fingerprint density at radius 1 is 1.09 bits per heavy atom. The third-order valence-electron chi connectivity index (χ3n) is 2.78. The first kappa shape index (κ1) is 18.3. The summed E-state index contributed by atoms with van der Waals surface area (Å²) in [6, 6.07) is 2.12. The van der Waals surface area contributed by atoms with Crippen LogP contribution in [0.25, 0.3) is 0 Å². The molecular weight excluding hydrogens is 314 g/mol. The van der Waals surface area contributed by atoms with Crippen LogP contribution in [0.4, 0.5) is 16.2 Å². The van der Waals surface area contributed by atoms with E-state index >= 15 is 0 Å². The highest BCUT2D eigenvalue weighted by Crippen LogP contribution is 2.33. The van der Waals surface area contributed by atoms with Crippen molar-refractivity contribution in [3.05, 3.63) is 17.2 Å². The number of nitrogens with one attached hydrogen (secondary N) is 2. The molecule has 22 heavy (non-hydrogen) atoms. The fourth-order valence-corrected chi connectivity index (χ4v) is 1.97. The van der Waals surface area contributed by atoms with Crippen molar-refractivity contribution in [3.8, 4) is 5.75 Å². The molecular formula is C13H20ClN3O5. The first-order valence-electron chi connectivity index (χ1n) is 6.68. The molecule has 0 atom stereocenters. The van der Waals surface area contributed by atoms with Crippen molar-refractivity contribution in [2.45, 2.75) is 0 Å². The summed E-state index contributed by atoms with van der Waals surface area (Å²) in [4.78, 5) is 13.2. The summed E-state index contributed by atoms with van der Waals surface area (Å²) in [6.45, 7) is -0.207. The fourth-order valence-electron chi connectivity index (χ4n) is 1.74. The number of hydrogen-bond donors (Lipinski definition) is 6. The van der Waals surface area contributed by atoms with Gasteiger partial charge >= 0.3 is 6.03 Å². The van der Waals surface area contributed by atoms with Gasteiger partial charge in [0.25, 0.3) is 0 Å². The number of phenolic OH excluding ortho intramolecular Hbond substituents is 1. The Morgan fingerprint density at radius 2 is 1.73 bits per heavy atom. The van der Waals surface area contributed by atoms with Gasteiger partial charge in [-0.2, -0.15) is 0 Å². The molecule has 0 saturated heterocycles. The normalized spacial score (nSPS) is 10.4. The molecule has 0 aromatic heterocycles. The van der Waals surface area contributed by atoms with Crippen molar-refractivity contribution in [1.29, 1.82) is 0 Å². The smallest absolute Gasteiger partial charge is 0.322 e. The lowest BCUT2D eigenvalue weighted by Crippen LogP contribution is -2.38. The molecule has 0 bridgehead atoms. The zero-order chi connectivity index (χ0) is 16.5. The predicted molar refractivity (Wildman–Crippen MR) is 83.5 cm³/mol. The van der Waals surface area contributed by atoms with E-state index in [0.717, 1.165) is 0 Å². The van der Waals surface area contributed by atoms with E-state index in [-0.39, 0.29) is 55.9 Å². The maximum atomic E-state index is 12.0. The second-order valence-electron chi connectivity index (χ2n) is 4.36. The summed E-state index contributed by atoms with van der Waals surface area (Å²) in [7, 11) is 0. The molecule has 0 aliphatic heterocycles. The molecule has 0 radical (unpaired) electrons. The maximum Gasteiger partial charge on any atom is 0.322 e. The third-order valence-corrected chi connectivity index (χ3v) is 3.09. The van der Waals surface area contributed by atoms with Crippen LogP contribution in [0, 0.1) is 0 Å². The SMILES string of the molecule is O=C(Nc1cc(Cl)c(NCCO)cc1O)N(CCO)CCO. The zero-order valence-corrected chi connectivity index (χ0v) is 12.7. The minimum absolute atomic E-state index is 0.0526. The Labute approximate surface area is 132 Å². The van der Waals surface area contributed by atoms with Crippen molar-refractivity contribution in [2.24, 2.45) is 0 Å². The lowest BCUT2D eigenvalue weighted by Gasteiger charge is -2.21. The maximum absolute atomic E-state index is 12.0. The van der Waals surface area contributed by atoms with E-state index < -0.39 is 6.03 Å². The molecule has 9 heteroatoms. The molecule has 8 nitrogen and oxygen atoms in total. The molecule has 6 N–H and O–H groups in total. The molecule has 0 unspecified atom stereocenters. The van der Waals surface area contributed by atoms with Crippen LogP contribution in [0.1, 0.15) is 0 Å². The number of aromatic hydroxyl groups is 1. The quantitative estimate of drug-likeness (QED) is 0.379. The lowest BCUT2D eigenvalue weighted by molar-refractivity contribution is 0.167. The zero-order valence-electron chi connectivity index (χ0n) is 11.9. The minimum atomic E-state index is -0.578. The number of carbonyl (C=O) groups is 1. The average molecular weight is 334 g/mol. The molecule has 0 fully saturated rings. The first-order chi connectivity index (χ1) is 10.5. The lowest BCUT2D eigenvalue weighted by atomic mass is 10.2. The minimum Gasteiger partial charge on any atom is -0.506 e. The Balaban J connectivity index is 2.84. The first-order valence-corrected chi connectivity index (χ1v) is 7.06. The van der Waals surface area contributed by atoms with E-state index in [9.17, 15) is 9.90 Å². The van der Waals surface area contributed by atoms with Crippen LogP contribution in [-0.2, 0) is 0 Å². The Hall–Kier alpha value is -1.74. The Morgan fingerprint density at radius 3 is 2.27 bits per heavy atom. The highest BCUT2D eigenvalue weighted by Gasteiger charge is 2.15.